The molecule has 0 saturated carbocycles. The summed E-state index contributed by atoms with van der Waals surface area (Å²) in [6.45, 7) is 1.46. The number of aliphatic hydroxyl groups is 1. The highest BCUT2D eigenvalue weighted by molar-refractivity contribution is 9.10. The van der Waals surface area contributed by atoms with E-state index in [1.54, 1.807) is 0 Å². The molecule has 1 rings (SSSR count). The normalized spacial score (nSPS) is 37.9. The number of carbonyl (C=O) groups is 2. The number of hydrogen-bond donors (Lipinski definition) is 3. The van der Waals surface area contributed by atoms with E-state index in [1.165, 1.54) is 6.92 Å². The predicted octanol–water partition coefficient (Wildman–Crippen LogP) is -0.702. The highest BCUT2D eigenvalue weighted by atomic mass is 79.9. The highest BCUT2D eigenvalue weighted by Crippen LogP contribution is 2.22. The van der Waals surface area contributed by atoms with E-state index in [4.69, 9.17) is 5.11 Å². The monoisotopic (exact) mass is 222 g/mol. The molecule has 0 aliphatic carbocycles. The first-order valence-electron chi connectivity index (χ1n) is 2.93. The van der Waals surface area contributed by atoms with Crippen LogP contribution in [-0.2, 0) is 4.79 Å². The molecular formula is C5H7BrN2O3. The molecule has 0 bridgehead atoms. The van der Waals surface area contributed by atoms with Gasteiger partial charge in [-0.2, -0.15) is 0 Å². The second-order valence-corrected chi connectivity index (χ2v) is 4.05. The maximum atomic E-state index is 11.0. The van der Waals surface area contributed by atoms with Gasteiger partial charge in [0.2, 0.25) is 5.91 Å². The molecular weight excluding hydrogens is 216 g/mol. The Labute approximate surface area is 71.3 Å². The standard InChI is InChI=1S/C5H7BrN2O3/c1-5(6)2(9)7-4(11)8-3(5)10/h2,9H,1H3,(H2,7,8,10,11)/t2-,5+/m1/s1. The molecule has 5 nitrogen and oxygen atoms in total. The number of alkyl halides is 1. The Kier molecular flexibility index (Phi) is 1.89. The summed E-state index contributed by atoms with van der Waals surface area (Å²) in [6.07, 6.45) is -1.19. The molecule has 1 aliphatic heterocycles. The summed E-state index contributed by atoms with van der Waals surface area (Å²) in [5, 5.41) is 13.3. The van der Waals surface area contributed by atoms with Gasteiger partial charge in [-0.15, -0.1) is 0 Å². The zero-order valence-electron chi connectivity index (χ0n) is 5.72. The molecule has 0 aromatic carbocycles. The van der Waals surface area contributed by atoms with Gasteiger partial charge in [-0.3, -0.25) is 10.1 Å². The molecule has 62 valence electrons. The zero-order valence-corrected chi connectivity index (χ0v) is 7.31. The summed E-state index contributed by atoms with van der Waals surface area (Å²) in [5.41, 5.74) is 0. The van der Waals surface area contributed by atoms with Crippen molar-refractivity contribution >= 4 is 27.9 Å². The second kappa shape index (κ2) is 2.46. The summed E-state index contributed by atoms with van der Waals surface area (Å²) in [5.74, 6) is -0.547. The van der Waals surface area contributed by atoms with Gasteiger partial charge in [0.15, 0.2) is 6.23 Å². The van der Waals surface area contributed by atoms with Crippen LogP contribution in [-0.4, -0.2) is 27.6 Å². The van der Waals surface area contributed by atoms with Crippen LogP contribution in [0, 0.1) is 0 Å². The molecule has 0 aromatic heterocycles. The molecule has 1 saturated heterocycles. The van der Waals surface area contributed by atoms with Crippen molar-refractivity contribution in [2.45, 2.75) is 17.5 Å². The molecule has 1 heterocycles. The average molecular weight is 223 g/mol. The Balaban J connectivity index is 2.84. The van der Waals surface area contributed by atoms with Gasteiger partial charge < -0.3 is 10.4 Å². The van der Waals surface area contributed by atoms with E-state index in [9.17, 15) is 9.59 Å². The lowest BCUT2D eigenvalue weighted by molar-refractivity contribution is -0.126. The topological polar surface area (TPSA) is 78.4 Å². The quantitative estimate of drug-likeness (QED) is 0.475. The molecule has 11 heavy (non-hydrogen) atoms. The lowest BCUT2D eigenvalue weighted by atomic mass is 10.1. The van der Waals surface area contributed by atoms with Crippen molar-refractivity contribution in [3.05, 3.63) is 0 Å². The maximum Gasteiger partial charge on any atom is 0.323 e. The summed E-state index contributed by atoms with van der Waals surface area (Å²) < 4.78 is -1.14. The molecule has 3 amide bonds. The van der Waals surface area contributed by atoms with Crippen molar-refractivity contribution in [3.63, 3.8) is 0 Å². The predicted molar refractivity (Wildman–Crippen MR) is 40.0 cm³/mol. The first-order chi connectivity index (χ1) is 4.94. The fourth-order valence-electron chi connectivity index (χ4n) is 0.645. The lowest BCUT2D eigenvalue weighted by Gasteiger charge is -2.31. The first kappa shape index (κ1) is 8.48. The Morgan fingerprint density at radius 2 is 2.18 bits per heavy atom. The van der Waals surface area contributed by atoms with Crippen molar-refractivity contribution in [3.8, 4) is 0 Å². The van der Waals surface area contributed by atoms with E-state index in [0.29, 0.717) is 0 Å². The third-order valence-electron chi connectivity index (χ3n) is 1.45. The van der Waals surface area contributed by atoms with E-state index < -0.39 is 22.5 Å². The van der Waals surface area contributed by atoms with Crippen LogP contribution < -0.4 is 10.6 Å². The number of halogens is 1. The minimum absolute atomic E-state index is 0.547. The lowest BCUT2D eigenvalue weighted by Crippen LogP contribution is -2.64. The Hall–Kier alpha value is -0.620. The number of amides is 3. The van der Waals surface area contributed by atoms with Gasteiger partial charge in [0.05, 0.1) is 0 Å². The number of aliphatic hydroxyl groups excluding tert-OH is 1. The summed E-state index contributed by atoms with van der Waals surface area (Å²) in [6, 6.07) is -0.681. The van der Waals surface area contributed by atoms with Gasteiger partial charge in [0.25, 0.3) is 0 Å². The minimum Gasteiger partial charge on any atom is -0.372 e. The largest absolute Gasteiger partial charge is 0.372 e. The van der Waals surface area contributed by atoms with Gasteiger partial charge in [0, 0.05) is 0 Å². The van der Waals surface area contributed by atoms with Crippen molar-refractivity contribution < 1.29 is 14.7 Å². The Bertz CT molecular complexity index is 216. The van der Waals surface area contributed by atoms with E-state index in [2.05, 4.69) is 21.2 Å². The highest BCUT2D eigenvalue weighted by Gasteiger charge is 2.43. The van der Waals surface area contributed by atoms with Crippen LogP contribution in [0.5, 0.6) is 0 Å². The number of urea groups is 1. The summed E-state index contributed by atoms with van der Waals surface area (Å²) in [4.78, 5) is 21.5. The van der Waals surface area contributed by atoms with Gasteiger partial charge in [0.1, 0.15) is 4.32 Å². The Morgan fingerprint density at radius 1 is 1.64 bits per heavy atom. The fourth-order valence-corrected chi connectivity index (χ4v) is 0.859. The third kappa shape index (κ3) is 1.36. The van der Waals surface area contributed by atoms with Gasteiger partial charge in [-0.25, -0.2) is 4.79 Å². The number of nitrogens with one attached hydrogen (secondary N) is 2. The van der Waals surface area contributed by atoms with Crippen LogP contribution in [0.15, 0.2) is 0 Å². The molecule has 3 N–H and O–H groups in total. The number of imide groups is 1. The molecule has 0 spiro atoms. The van der Waals surface area contributed by atoms with Crippen LogP contribution in [0.4, 0.5) is 4.79 Å². The van der Waals surface area contributed by atoms with Gasteiger partial charge in [-0.05, 0) is 6.92 Å². The van der Waals surface area contributed by atoms with Crippen LogP contribution in [0.3, 0.4) is 0 Å². The zero-order chi connectivity index (χ0) is 8.65. The van der Waals surface area contributed by atoms with Crippen LogP contribution in [0.1, 0.15) is 6.92 Å². The van der Waals surface area contributed by atoms with E-state index in [-0.39, 0.29) is 0 Å². The molecule has 0 unspecified atom stereocenters. The van der Waals surface area contributed by atoms with Crippen molar-refractivity contribution in [1.82, 2.24) is 10.6 Å². The van der Waals surface area contributed by atoms with Crippen LogP contribution >= 0.6 is 15.9 Å². The average Bonchev–Trinajstić information content (AvgIpc) is 1.84. The molecule has 2 atom stereocenters. The van der Waals surface area contributed by atoms with E-state index >= 15 is 0 Å². The van der Waals surface area contributed by atoms with E-state index in [1.807, 2.05) is 5.32 Å². The fraction of sp³-hybridized carbons (Fsp3) is 0.600. The molecule has 1 fully saturated rings. The summed E-state index contributed by atoms with van der Waals surface area (Å²) in [7, 11) is 0. The number of hydrogen-bond acceptors (Lipinski definition) is 3. The SMILES string of the molecule is C[C@@]1(Br)C(=O)NC(=O)N[C@@H]1O. The number of carbonyl (C=O) groups excluding carboxylic acids is 2. The molecule has 1 aliphatic rings. The van der Waals surface area contributed by atoms with Gasteiger partial charge >= 0.3 is 6.03 Å². The second-order valence-electron chi connectivity index (χ2n) is 2.41. The van der Waals surface area contributed by atoms with Crippen LogP contribution in [0.2, 0.25) is 0 Å². The third-order valence-corrected chi connectivity index (χ3v) is 2.25. The molecule has 0 radical (unpaired) electrons. The van der Waals surface area contributed by atoms with Crippen LogP contribution in [0.25, 0.3) is 0 Å². The van der Waals surface area contributed by atoms with E-state index in [0.717, 1.165) is 0 Å². The van der Waals surface area contributed by atoms with Crippen molar-refractivity contribution in [2.24, 2.45) is 0 Å². The van der Waals surface area contributed by atoms with Crippen molar-refractivity contribution in [2.75, 3.05) is 0 Å². The minimum atomic E-state index is -1.19. The first-order valence-corrected chi connectivity index (χ1v) is 3.73. The van der Waals surface area contributed by atoms with Gasteiger partial charge in [-0.1, -0.05) is 15.9 Å². The molecule has 0 aromatic rings. The number of rotatable bonds is 0. The smallest absolute Gasteiger partial charge is 0.323 e. The maximum absolute atomic E-state index is 11.0. The summed E-state index contributed by atoms with van der Waals surface area (Å²) >= 11 is 2.97. The molecule has 6 heteroatoms. The van der Waals surface area contributed by atoms with Crippen molar-refractivity contribution in [1.29, 1.82) is 0 Å². The Morgan fingerprint density at radius 3 is 2.64 bits per heavy atom.